The minimum Gasteiger partial charge on any atom is -0.369 e. The quantitative estimate of drug-likeness (QED) is 0.525. The molecule has 2 aromatic carbocycles. The molecule has 0 aliphatic carbocycles. The molecule has 0 bridgehead atoms. The number of nitrogens with zero attached hydrogens (tertiary/aromatic N) is 4. The van der Waals surface area contributed by atoms with Crippen molar-refractivity contribution in [1.82, 2.24) is 19.8 Å². The van der Waals surface area contributed by atoms with E-state index in [1.165, 1.54) is 0 Å². The minimum atomic E-state index is -0.241. The maximum atomic E-state index is 12.5. The topological polar surface area (TPSA) is 73.4 Å². The Morgan fingerprint density at radius 1 is 1.03 bits per heavy atom. The molecule has 8 heteroatoms. The first-order valence-corrected chi connectivity index (χ1v) is 10.2. The van der Waals surface area contributed by atoms with Crippen molar-refractivity contribution in [2.75, 3.05) is 44.9 Å². The van der Waals surface area contributed by atoms with Gasteiger partial charge in [0.05, 0.1) is 12.1 Å². The number of benzene rings is 2. The predicted octanol–water partition coefficient (Wildman–Crippen LogP) is 4.31. The molecule has 158 valence electrons. The van der Waals surface area contributed by atoms with Crippen LogP contribution in [0.15, 0.2) is 48.5 Å². The molecular weight excluding hydrogens is 400 g/mol. The van der Waals surface area contributed by atoms with Crippen molar-refractivity contribution < 1.29 is 4.79 Å². The molecule has 0 aliphatic rings. The lowest BCUT2D eigenvalue weighted by atomic mass is 10.2. The molecule has 30 heavy (non-hydrogen) atoms. The Balaban J connectivity index is 1.71. The average Bonchev–Trinajstić information content (AvgIpc) is 2.72. The number of hydrogen-bond donors (Lipinski definition) is 2. The molecule has 0 spiro atoms. The van der Waals surface area contributed by atoms with Gasteiger partial charge in [-0.2, -0.15) is 0 Å². The van der Waals surface area contributed by atoms with Crippen molar-refractivity contribution >= 4 is 40.0 Å². The number of carbonyl (C=O) groups excluding carboxylic acids is 1. The lowest BCUT2D eigenvalue weighted by molar-refractivity contribution is 0.219. The average molecular weight is 427 g/mol. The Bertz CT molecular complexity index is 993. The van der Waals surface area contributed by atoms with Crippen LogP contribution in [0.3, 0.4) is 0 Å². The first kappa shape index (κ1) is 21.8. The van der Waals surface area contributed by atoms with E-state index in [2.05, 4.69) is 39.6 Å². The maximum absolute atomic E-state index is 12.5. The number of amides is 2. The zero-order chi connectivity index (χ0) is 21.5. The van der Waals surface area contributed by atoms with Crippen LogP contribution >= 0.6 is 11.6 Å². The van der Waals surface area contributed by atoms with Crippen LogP contribution in [0.4, 0.5) is 16.3 Å². The zero-order valence-electron chi connectivity index (χ0n) is 17.5. The van der Waals surface area contributed by atoms with Gasteiger partial charge < -0.3 is 20.4 Å². The highest BCUT2D eigenvalue weighted by atomic mass is 35.5. The van der Waals surface area contributed by atoms with Crippen molar-refractivity contribution in [1.29, 1.82) is 0 Å². The number of para-hydroxylation sites is 1. The predicted molar refractivity (Wildman–Crippen MR) is 123 cm³/mol. The van der Waals surface area contributed by atoms with E-state index < -0.39 is 0 Å². The van der Waals surface area contributed by atoms with Gasteiger partial charge in [-0.05, 0) is 63.5 Å². The zero-order valence-corrected chi connectivity index (χ0v) is 18.3. The van der Waals surface area contributed by atoms with Gasteiger partial charge in [-0.25, -0.2) is 14.8 Å². The summed E-state index contributed by atoms with van der Waals surface area (Å²) in [6, 6.07) is 14.6. The second kappa shape index (κ2) is 10.2. The van der Waals surface area contributed by atoms with E-state index in [1.54, 1.807) is 36.2 Å². The number of halogens is 1. The van der Waals surface area contributed by atoms with Gasteiger partial charge in [0, 0.05) is 29.7 Å². The monoisotopic (exact) mass is 426 g/mol. The van der Waals surface area contributed by atoms with Crippen LogP contribution in [0, 0.1) is 0 Å². The summed E-state index contributed by atoms with van der Waals surface area (Å²) >= 11 is 5.89. The SMILES string of the molecule is CN(C)CCCNc1nc(CN(C)C(=O)Nc2ccc(Cl)cc2)nc2ccccc12. The van der Waals surface area contributed by atoms with E-state index in [4.69, 9.17) is 11.6 Å². The molecule has 7 nitrogen and oxygen atoms in total. The molecule has 0 fully saturated rings. The number of fused-ring (bicyclic) bond motifs is 1. The molecular formula is C22H27ClN6O. The van der Waals surface area contributed by atoms with Gasteiger partial charge in [0.15, 0.2) is 5.82 Å². The highest BCUT2D eigenvalue weighted by Crippen LogP contribution is 2.21. The minimum absolute atomic E-state index is 0.241. The van der Waals surface area contributed by atoms with Gasteiger partial charge in [0.25, 0.3) is 0 Å². The van der Waals surface area contributed by atoms with Crippen molar-refractivity contribution in [3.05, 3.63) is 59.4 Å². The van der Waals surface area contributed by atoms with Gasteiger partial charge >= 0.3 is 6.03 Å². The van der Waals surface area contributed by atoms with Crippen LogP contribution in [0.2, 0.25) is 5.02 Å². The largest absolute Gasteiger partial charge is 0.369 e. The molecule has 1 aromatic heterocycles. The third kappa shape index (κ3) is 6.05. The number of aromatic nitrogens is 2. The van der Waals surface area contributed by atoms with Crippen molar-refractivity contribution in [2.24, 2.45) is 0 Å². The van der Waals surface area contributed by atoms with E-state index in [9.17, 15) is 4.79 Å². The maximum Gasteiger partial charge on any atom is 0.321 e. The number of urea groups is 1. The van der Waals surface area contributed by atoms with Gasteiger partial charge in [0.2, 0.25) is 0 Å². The van der Waals surface area contributed by atoms with Crippen LogP contribution < -0.4 is 10.6 Å². The smallest absolute Gasteiger partial charge is 0.321 e. The first-order chi connectivity index (χ1) is 14.4. The second-order valence-corrected chi connectivity index (χ2v) is 7.82. The molecule has 2 N–H and O–H groups in total. The van der Waals surface area contributed by atoms with Crippen LogP contribution in [0.5, 0.6) is 0 Å². The molecule has 3 rings (SSSR count). The van der Waals surface area contributed by atoms with Gasteiger partial charge in [-0.3, -0.25) is 0 Å². The highest BCUT2D eigenvalue weighted by Gasteiger charge is 2.13. The van der Waals surface area contributed by atoms with Crippen molar-refractivity contribution in [3.8, 4) is 0 Å². The molecule has 0 aliphatic heterocycles. The number of carbonyl (C=O) groups is 1. The van der Waals surface area contributed by atoms with E-state index >= 15 is 0 Å². The molecule has 3 aromatic rings. The number of anilines is 2. The Morgan fingerprint density at radius 2 is 1.77 bits per heavy atom. The summed E-state index contributed by atoms with van der Waals surface area (Å²) < 4.78 is 0. The highest BCUT2D eigenvalue weighted by molar-refractivity contribution is 6.30. The summed E-state index contributed by atoms with van der Waals surface area (Å²) in [5.41, 5.74) is 1.53. The normalized spacial score (nSPS) is 11.0. The molecule has 0 radical (unpaired) electrons. The third-order valence-electron chi connectivity index (χ3n) is 4.54. The molecule has 0 saturated carbocycles. The number of hydrogen-bond acceptors (Lipinski definition) is 5. The van der Waals surface area contributed by atoms with Crippen LogP contribution in [0.25, 0.3) is 10.9 Å². The third-order valence-corrected chi connectivity index (χ3v) is 4.80. The summed E-state index contributed by atoms with van der Waals surface area (Å²) in [6.07, 6.45) is 1.00. The number of rotatable bonds is 8. The Labute approximate surface area is 182 Å². The fourth-order valence-electron chi connectivity index (χ4n) is 2.97. The van der Waals surface area contributed by atoms with E-state index in [1.807, 2.05) is 24.3 Å². The second-order valence-electron chi connectivity index (χ2n) is 7.38. The summed E-state index contributed by atoms with van der Waals surface area (Å²) in [4.78, 5) is 25.6. The Hall–Kier alpha value is -2.90. The summed E-state index contributed by atoms with van der Waals surface area (Å²) in [5, 5.41) is 7.86. The van der Waals surface area contributed by atoms with Gasteiger partial charge in [0.1, 0.15) is 5.82 Å². The Morgan fingerprint density at radius 3 is 2.50 bits per heavy atom. The lowest BCUT2D eigenvalue weighted by Crippen LogP contribution is -2.31. The van der Waals surface area contributed by atoms with E-state index in [-0.39, 0.29) is 12.6 Å². The fourth-order valence-corrected chi connectivity index (χ4v) is 3.09. The van der Waals surface area contributed by atoms with Crippen molar-refractivity contribution in [3.63, 3.8) is 0 Å². The van der Waals surface area contributed by atoms with Gasteiger partial charge in [-0.1, -0.05) is 23.7 Å². The van der Waals surface area contributed by atoms with Crippen LogP contribution in [-0.4, -0.2) is 60.0 Å². The lowest BCUT2D eigenvalue weighted by Gasteiger charge is -2.18. The number of nitrogens with one attached hydrogen (secondary N) is 2. The summed E-state index contributed by atoms with van der Waals surface area (Å²) in [7, 11) is 5.83. The molecule has 0 unspecified atom stereocenters. The fraction of sp³-hybridized carbons (Fsp3) is 0.318. The summed E-state index contributed by atoms with van der Waals surface area (Å²) in [5.74, 6) is 1.37. The Kier molecular flexibility index (Phi) is 7.43. The molecule has 0 atom stereocenters. The summed E-state index contributed by atoms with van der Waals surface area (Å²) in [6.45, 7) is 2.10. The van der Waals surface area contributed by atoms with E-state index in [0.717, 1.165) is 36.2 Å². The van der Waals surface area contributed by atoms with Crippen LogP contribution in [0.1, 0.15) is 12.2 Å². The standard InChI is InChI=1S/C22H27ClN6O/c1-28(2)14-6-13-24-21-18-7-4-5-8-19(18)26-20(27-21)15-29(3)22(30)25-17-11-9-16(23)10-12-17/h4-5,7-12H,6,13-15H2,1-3H3,(H,25,30)(H,24,26,27). The molecule has 2 amide bonds. The molecule has 0 saturated heterocycles. The van der Waals surface area contributed by atoms with Crippen LogP contribution in [-0.2, 0) is 6.54 Å². The van der Waals surface area contributed by atoms with E-state index in [0.29, 0.717) is 16.5 Å². The van der Waals surface area contributed by atoms with Crippen molar-refractivity contribution in [2.45, 2.75) is 13.0 Å². The molecule has 1 heterocycles. The van der Waals surface area contributed by atoms with Gasteiger partial charge in [-0.15, -0.1) is 0 Å². The first-order valence-electron chi connectivity index (χ1n) is 9.84.